The monoisotopic (exact) mass is 245 g/mol. The van der Waals surface area contributed by atoms with E-state index < -0.39 is 34.2 Å². The van der Waals surface area contributed by atoms with Crippen molar-refractivity contribution in [2.45, 2.75) is 51.6 Å². The van der Waals surface area contributed by atoms with Crippen molar-refractivity contribution in [3.8, 4) is 0 Å². The lowest BCUT2D eigenvalue weighted by molar-refractivity contribution is -0.160. The van der Waals surface area contributed by atoms with E-state index in [9.17, 15) is 17.7 Å². The van der Waals surface area contributed by atoms with Crippen LogP contribution in [0.3, 0.4) is 0 Å². The highest BCUT2D eigenvalue weighted by Crippen LogP contribution is 2.27. The van der Waals surface area contributed by atoms with Gasteiger partial charge in [0.25, 0.3) is 0 Å². The number of hydrogen-bond donors (Lipinski definition) is 1. The first-order valence-electron chi connectivity index (χ1n) is 4.71. The molecule has 0 saturated carbocycles. The molecule has 0 bridgehead atoms. The zero-order valence-corrected chi connectivity index (χ0v) is 10.4. The van der Waals surface area contributed by atoms with Crippen LogP contribution in [-0.2, 0) is 11.4 Å². The van der Waals surface area contributed by atoms with Crippen LogP contribution >= 0.6 is 0 Å². The van der Waals surface area contributed by atoms with Crippen molar-refractivity contribution in [1.82, 2.24) is 4.72 Å². The summed E-state index contributed by atoms with van der Waals surface area (Å²) < 4.78 is 50.5. The van der Waals surface area contributed by atoms with Gasteiger partial charge in [0.05, 0.1) is 0 Å². The van der Waals surface area contributed by atoms with Crippen molar-refractivity contribution in [2.75, 3.05) is 0 Å². The number of halogens is 3. The van der Waals surface area contributed by atoms with Crippen LogP contribution in [0.25, 0.3) is 0 Å². The molecule has 0 radical (unpaired) electrons. The van der Waals surface area contributed by atoms with Gasteiger partial charge in [-0.3, -0.25) is 0 Å². The van der Waals surface area contributed by atoms with E-state index in [0.717, 1.165) is 0 Å². The van der Waals surface area contributed by atoms with E-state index in [1.165, 1.54) is 13.8 Å². The largest absolute Gasteiger partial charge is 0.598 e. The van der Waals surface area contributed by atoms with Gasteiger partial charge in [-0.1, -0.05) is 13.8 Å². The van der Waals surface area contributed by atoms with Gasteiger partial charge < -0.3 is 4.55 Å². The highest BCUT2D eigenvalue weighted by molar-refractivity contribution is 7.90. The highest BCUT2D eigenvalue weighted by atomic mass is 32.2. The molecule has 15 heavy (non-hydrogen) atoms. The summed E-state index contributed by atoms with van der Waals surface area (Å²) in [6.45, 7) is 7.79. The lowest BCUT2D eigenvalue weighted by Gasteiger charge is -2.30. The maximum atomic E-state index is 12.5. The molecule has 6 heteroatoms. The molecule has 92 valence electrons. The Morgan fingerprint density at radius 2 is 1.53 bits per heavy atom. The normalized spacial score (nSPS) is 18.0. The van der Waals surface area contributed by atoms with E-state index in [0.29, 0.717) is 0 Å². The van der Waals surface area contributed by atoms with Gasteiger partial charge in [-0.25, -0.2) is 0 Å². The molecule has 0 spiro atoms. The predicted octanol–water partition coefficient (Wildman–Crippen LogP) is 2.63. The SMILES string of the molecule is CC(C)[C@H](N[S@+]([O-])C(C)(C)C)C(F)(F)F. The summed E-state index contributed by atoms with van der Waals surface area (Å²) in [5, 5.41) is 0. The van der Waals surface area contributed by atoms with Crippen LogP contribution in [-0.4, -0.2) is 21.5 Å². The third-order valence-electron chi connectivity index (χ3n) is 1.81. The zero-order valence-electron chi connectivity index (χ0n) is 9.61. The fourth-order valence-corrected chi connectivity index (χ4v) is 1.86. The Labute approximate surface area is 91.9 Å². The summed E-state index contributed by atoms with van der Waals surface area (Å²) in [6, 6.07) is -1.72. The van der Waals surface area contributed by atoms with E-state index in [-0.39, 0.29) is 0 Å². The molecule has 0 aliphatic carbocycles. The van der Waals surface area contributed by atoms with E-state index >= 15 is 0 Å². The Morgan fingerprint density at radius 1 is 1.13 bits per heavy atom. The smallest absolute Gasteiger partial charge is 0.408 e. The highest BCUT2D eigenvalue weighted by Gasteiger charge is 2.46. The third-order valence-corrected chi connectivity index (χ3v) is 3.39. The van der Waals surface area contributed by atoms with Gasteiger partial charge >= 0.3 is 6.18 Å². The van der Waals surface area contributed by atoms with E-state index in [2.05, 4.69) is 4.72 Å². The van der Waals surface area contributed by atoms with Crippen molar-refractivity contribution < 1.29 is 17.7 Å². The number of alkyl halides is 3. The molecule has 0 fully saturated rings. The van der Waals surface area contributed by atoms with Crippen molar-refractivity contribution in [2.24, 2.45) is 5.92 Å². The second-order valence-corrected chi connectivity index (χ2v) is 6.76. The molecule has 0 aliphatic rings. The molecule has 0 rings (SSSR count). The van der Waals surface area contributed by atoms with Crippen LogP contribution in [0.1, 0.15) is 34.6 Å². The van der Waals surface area contributed by atoms with Gasteiger partial charge in [0.15, 0.2) is 6.04 Å². The molecule has 0 saturated heterocycles. The van der Waals surface area contributed by atoms with Crippen LogP contribution < -0.4 is 4.72 Å². The Hall–Kier alpha value is 0.0600. The fraction of sp³-hybridized carbons (Fsp3) is 1.00. The van der Waals surface area contributed by atoms with Crippen molar-refractivity contribution in [3.63, 3.8) is 0 Å². The molecule has 0 aromatic carbocycles. The average Bonchev–Trinajstić information content (AvgIpc) is 1.94. The third kappa shape index (κ3) is 5.08. The minimum absolute atomic E-state index is 0.642. The van der Waals surface area contributed by atoms with E-state index in [1.54, 1.807) is 20.8 Å². The summed E-state index contributed by atoms with van der Waals surface area (Å²) >= 11 is -1.70. The molecule has 0 aliphatic heterocycles. The topological polar surface area (TPSA) is 35.1 Å². The summed E-state index contributed by atoms with van der Waals surface area (Å²) in [7, 11) is 0. The lowest BCUT2D eigenvalue weighted by Crippen LogP contribution is -2.53. The second kappa shape index (κ2) is 4.93. The Morgan fingerprint density at radius 3 is 1.73 bits per heavy atom. The summed E-state index contributed by atoms with van der Waals surface area (Å²) in [5.41, 5.74) is 0. The first-order valence-corrected chi connectivity index (χ1v) is 5.86. The molecule has 0 aromatic rings. The Balaban J connectivity index is 4.58. The summed E-state index contributed by atoms with van der Waals surface area (Å²) in [6.07, 6.45) is -4.37. The van der Waals surface area contributed by atoms with Crippen LogP contribution in [0.2, 0.25) is 0 Å². The first-order chi connectivity index (χ1) is 6.46. The van der Waals surface area contributed by atoms with Gasteiger partial charge in [-0.05, 0) is 26.7 Å². The second-order valence-electron chi connectivity index (χ2n) is 4.76. The summed E-state index contributed by atoms with van der Waals surface area (Å²) in [4.78, 5) is 0. The quantitative estimate of drug-likeness (QED) is 0.776. The van der Waals surface area contributed by atoms with Crippen LogP contribution in [0, 0.1) is 5.92 Å². The van der Waals surface area contributed by atoms with Gasteiger partial charge in [0.2, 0.25) is 0 Å². The van der Waals surface area contributed by atoms with Crippen LogP contribution in [0.15, 0.2) is 0 Å². The molecular formula is C9H18F3NOS. The van der Waals surface area contributed by atoms with Crippen LogP contribution in [0.4, 0.5) is 13.2 Å². The minimum Gasteiger partial charge on any atom is -0.598 e. The molecule has 0 unspecified atom stereocenters. The predicted molar refractivity (Wildman–Crippen MR) is 55.7 cm³/mol. The van der Waals surface area contributed by atoms with Gasteiger partial charge in [0, 0.05) is 11.4 Å². The number of rotatable bonds is 3. The molecule has 0 heterocycles. The standard InChI is InChI=1S/C9H18F3NOS/c1-6(2)7(9(10,11)12)13-15(14)8(3,4)5/h6-7,13H,1-5H3/t7-,15+/m0/s1. The maximum absolute atomic E-state index is 12.5. The first kappa shape index (κ1) is 15.1. The zero-order chi connectivity index (χ0) is 12.4. The molecule has 1 N–H and O–H groups in total. The van der Waals surface area contributed by atoms with E-state index in [4.69, 9.17) is 0 Å². The maximum Gasteiger partial charge on any atom is 0.408 e. The van der Waals surface area contributed by atoms with Crippen molar-refractivity contribution >= 4 is 11.4 Å². The molecule has 2 atom stereocenters. The molecule has 0 aromatic heterocycles. The Bertz CT molecular complexity index is 201. The fourth-order valence-electron chi connectivity index (χ4n) is 0.873. The molecule has 2 nitrogen and oxygen atoms in total. The van der Waals surface area contributed by atoms with Gasteiger partial charge in [0.1, 0.15) is 4.75 Å². The molecular weight excluding hydrogens is 227 g/mol. The van der Waals surface area contributed by atoms with Crippen molar-refractivity contribution in [1.29, 1.82) is 0 Å². The lowest BCUT2D eigenvalue weighted by atomic mass is 10.1. The average molecular weight is 245 g/mol. The summed E-state index contributed by atoms with van der Waals surface area (Å²) in [5.74, 6) is -0.642. The van der Waals surface area contributed by atoms with Gasteiger partial charge in [-0.15, -0.1) is 4.72 Å². The number of hydrogen-bond acceptors (Lipinski definition) is 2. The minimum atomic E-state index is -4.37. The van der Waals surface area contributed by atoms with E-state index in [1.807, 2.05) is 0 Å². The molecule has 0 amide bonds. The van der Waals surface area contributed by atoms with Gasteiger partial charge in [-0.2, -0.15) is 13.2 Å². The number of nitrogens with one attached hydrogen (secondary N) is 1. The Kier molecular flexibility index (Phi) is 4.95. The van der Waals surface area contributed by atoms with Crippen LogP contribution in [0.5, 0.6) is 0 Å². The van der Waals surface area contributed by atoms with Crippen molar-refractivity contribution in [3.05, 3.63) is 0 Å².